The first-order chi connectivity index (χ1) is 11.2. The molecule has 2 aromatic carbocycles. The molecular formula is C19H21NO3. The van der Waals surface area contributed by atoms with Crippen molar-refractivity contribution in [3.05, 3.63) is 71.3 Å². The van der Waals surface area contributed by atoms with Crippen LogP contribution in [0.25, 0.3) is 0 Å². The first kappa shape index (κ1) is 15.7. The van der Waals surface area contributed by atoms with Crippen LogP contribution in [0.15, 0.2) is 54.6 Å². The van der Waals surface area contributed by atoms with Crippen LogP contribution in [-0.2, 0) is 22.4 Å². The van der Waals surface area contributed by atoms with Crippen molar-refractivity contribution in [3.8, 4) is 0 Å². The van der Waals surface area contributed by atoms with Gasteiger partial charge in [0, 0.05) is 13.0 Å². The topological polar surface area (TPSA) is 58.6 Å². The van der Waals surface area contributed by atoms with Crippen molar-refractivity contribution in [1.29, 1.82) is 0 Å². The van der Waals surface area contributed by atoms with Crippen LogP contribution >= 0.6 is 0 Å². The van der Waals surface area contributed by atoms with Crippen LogP contribution in [0.5, 0.6) is 0 Å². The van der Waals surface area contributed by atoms with Crippen molar-refractivity contribution in [1.82, 2.24) is 5.32 Å². The summed E-state index contributed by atoms with van der Waals surface area (Å²) >= 11 is 0. The molecule has 0 saturated heterocycles. The Morgan fingerprint density at radius 1 is 1.17 bits per heavy atom. The summed E-state index contributed by atoms with van der Waals surface area (Å²) in [6, 6.07) is 17.6. The molecule has 0 spiro atoms. The Labute approximate surface area is 136 Å². The molecule has 4 nitrogen and oxygen atoms in total. The molecule has 1 amide bonds. The molecule has 120 valence electrons. The number of rotatable bonds is 5. The lowest BCUT2D eigenvalue weighted by Crippen LogP contribution is -2.38. The van der Waals surface area contributed by atoms with Crippen molar-refractivity contribution in [2.45, 2.75) is 25.0 Å². The highest BCUT2D eigenvalue weighted by atomic mass is 16.5. The van der Waals surface area contributed by atoms with Gasteiger partial charge in [-0.05, 0) is 23.1 Å². The summed E-state index contributed by atoms with van der Waals surface area (Å²) in [5.41, 5.74) is 3.13. The van der Waals surface area contributed by atoms with Crippen LogP contribution in [0.4, 0.5) is 0 Å². The molecule has 0 fully saturated rings. The van der Waals surface area contributed by atoms with Gasteiger partial charge in [-0.1, -0.05) is 54.6 Å². The summed E-state index contributed by atoms with van der Waals surface area (Å²) in [6.07, 6.45) is 0.156. The minimum Gasteiger partial charge on any atom is -0.391 e. The zero-order valence-corrected chi connectivity index (χ0v) is 12.9. The summed E-state index contributed by atoms with van der Waals surface area (Å²) in [4.78, 5) is 12.4. The Morgan fingerprint density at radius 3 is 2.74 bits per heavy atom. The second-order valence-corrected chi connectivity index (χ2v) is 5.79. The number of benzene rings is 2. The molecule has 4 heteroatoms. The highest BCUT2D eigenvalue weighted by molar-refractivity contribution is 5.82. The molecule has 0 bridgehead atoms. The number of hydrogen-bond donors (Lipinski definition) is 2. The molecule has 2 atom stereocenters. The number of hydrogen-bond acceptors (Lipinski definition) is 3. The van der Waals surface area contributed by atoms with E-state index in [-0.39, 0.29) is 12.5 Å². The van der Waals surface area contributed by atoms with Gasteiger partial charge >= 0.3 is 0 Å². The molecule has 2 aromatic rings. The summed E-state index contributed by atoms with van der Waals surface area (Å²) in [5.74, 6) is -0.190. The lowest BCUT2D eigenvalue weighted by atomic mass is 9.97. The molecule has 2 N–H and O–H groups in total. The van der Waals surface area contributed by atoms with Gasteiger partial charge in [0.05, 0.1) is 12.7 Å². The molecule has 1 aliphatic rings. The Bertz CT molecular complexity index is 657. The molecular weight excluding hydrogens is 290 g/mol. The highest BCUT2D eigenvalue weighted by Gasteiger charge is 2.27. The number of amides is 1. The van der Waals surface area contributed by atoms with Gasteiger partial charge in [-0.25, -0.2) is 0 Å². The van der Waals surface area contributed by atoms with E-state index in [0.717, 1.165) is 23.1 Å². The van der Waals surface area contributed by atoms with Crippen molar-refractivity contribution >= 4 is 5.91 Å². The zero-order valence-electron chi connectivity index (χ0n) is 12.9. The SMILES string of the molecule is O=C(NCC(O)Cc1ccccc1)C1OCCc2ccccc21. The average Bonchev–Trinajstić information content (AvgIpc) is 2.60. The Morgan fingerprint density at radius 2 is 1.91 bits per heavy atom. The number of carbonyl (C=O) groups excluding carboxylic acids is 1. The van der Waals surface area contributed by atoms with Crippen LogP contribution < -0.4 is 5.32 Å². The number of carbonyl (C=O) groups is 1. The maximum atomic E-state index is 12.4. The standard InChI is InChI=1S/C19H21NO3/c21-16(12-14-6-2-1-3-7-14)13-20-19(22)18-17-9-5-4-8-15(17)10-11-23-18/h1-9,16,18,21H,10-13H2,(H,20,22). The van der Waals surface area contributed by atoms with Gasteiger partial charge in [0.25, 0.3) is 5.91 Å². The van der Waals surface area contributed by atoms with E-state index < -0.39 is 12.2 Å². The van der Waals surface area contributed by atoms with Crippen molar-refractivity contribution in [2.75, 3.05) is 13.2 Å². The maximum Gasteiger partial charge on any atom is 0.253 e. The van der Waals surface area contributed by atoms with Crippen LogP contribution in [0, 0.1) is 0 Å². The van der Waals surface area contributed by atoms with Crippen LogP contribution in [-0.4, -0.2) is 30.3 Å². The van der Waals surface area contributed by atoms with Gasteiger partial charge in [-0.3, -0.25) is 4.79 Å². The van der Waals surface area contributed by atoms with E-state index >= 15 is 0 Å². The van der Waals surface area contributed by atoms with E-state index in [1.54, 1.807) is 0 Å². The van der Waals surface area contributed by atoms with E-state index in [9.17, 15) is 9.90 Å². The highest BCUT2D eigenvalue weighted by Crippen LogP contribution is 2.26. The quantitative estimate of drug-likeness (QED) is 0.888. The van der Waals surface area contributed by atoms with Crippen LogP contribution in [0.3, 0.4) is 0 Å². The van der Waals surface area contributed by atoms with Gasteiger partial charge in [0.1, 0.15) is 0 Å². The number of ether oxygens (including phenoxy) is 1. The minimum atomic E-state index is -0.611. The fourth-order valence-electron chi connectivity index (χ4n) is 2.88. The van der Waals surface area contributed by atoms with E-state index in [1.807, 2.05) is 54.6 Å². The first-order valence-corrected chi connectivity index (χ1v) is 7.93. The molecule has 0 radical (unpaired) electrons. The smallest absolute Gasteiger partial charge is 0.253 e. The largest absolute Gasteiger partial charge is 0.391 e. The molecule has 0 aliphatic carbocycles. The Hall–Kier alpha value is -2.17. The number of nitrogens with one attached hydrogen (secondary N) is 1. The van der Waals surface area contributed by atoms with E-state index in [1.165, 1.54) is 0 Å². The third-order valence-corrected chi connectivity index (χ3v) is 4.06. The van der Waals surface area contributed by atoms with E-state index in [4.69, 9.17) is 4.74 Å². The van der Waals surface area contributed by atoms with Crippen molar-refractivity contribution in [3.63, 3.8) is 0 Å². The molecule has 23 heavy (non-hydrogen) atoms. The zero-order chi connectivity index (χ0) is 16.1. The predicted octanol–water partition coefficient (Wildman–Crippen LogP) is 2.02. The number of fused-ring (bicyclic) bond motifs is 1. The van der Waals surface area contributed by atoms with E-state index in [0.29, 0.717) is 13.0 Å². The Balaban J connectivity index is 1.56. The summed E-state index contributed by atoms with van der Waals surface area (Å²) < 4.78 is 5.62. The third kappa shape index (κ3) is 3.97. The van der Waals surface area contributed by atoms with Gasteiger partial charge in [0.15, 0.2) is 6.10 Å². The lowest BCUT2D eigenvalue weighted by Gasteiger charge is -2.25. The normalized spacial score (nSPS) is 18.0. The van der Waals surface area contributed by atoms with Gasteiger partial charge in [-0.2, -0.15) is 0 Å². The second-order valence-electron chi connectivity index (χ2n) is 5.79. The molecule has 3 rings (SSSR count). The molecule has 1 aliphatic heterocycles. The summed E-state index contributed by atoms with van der Waals surface area (Å²) in [5, 5.41) is 12.9. The molecule has 1 heterocycles. The van der Waals surface area contributed by atoms with E-state index in [2.05, 4.69) is 5.32 Å². The minimum absolute atomic E-state index is 0.190. The number of aliphatic hydroxyl groups excluding tert-OH is 1. The Kier molecular flexibility index (Phi) is 5.05. The van der Waals surface area contributed by atoms with Crippen molar-refractivity contribution in [2.24, 2.45) is 0 Å². The fraction of sp³-hybridized carbons (Fsp3) is 0.316. The fourth-order valence-corrected chi connectivity index (χ4v) is 2.88. The number of aliphatic hydroxyl groups is 1. The van der Waals surface area contributed by atoms with Crippen molar-refractivity contribution < 1.29 is 14.6 Å². The molecule has 2 unspecified atom stereocenters. The van der Waals surface area contributed by atoms with Gasteiger partial charge in [0.2, 0.25) is 0 Å². The second kappa shape index (κ2) is 7.40. The summed E-state index contributed by atoms with van der Waals surface area (Å²) in [7, 11) is 0. The molecule has 0 saturated carbocycles. The third-order valence-electron chi connectivity index (χ3n) is 4.06. The predicted molar refractivity (Wildman–Crippen MR) is 88.0 cm³/mol. The summed E-state index contributed by atoms with van der Waals surface area (Å²) in [6.45, 7) is 0.761. The van der Waals surface area contributed by atoms with Crippen LogP contribution in [0.2, 0.25) is 0 Å². The monoisotopic (exact) mass is 311 g/mol. The lowest BCUT2D eigenvalue weighted by molar-refractivity contribution is -0.134. The first-order valence-electron chi connectivity index (χ1n) is 7.93. The molecule has 0 aromatic heterocycles. The maximum absolute atomic E-state index is 12.4. The van der Waals surface area contributed by atoms with Gasteiger partial charge in [-0.15, -0.1) is 0 Å². The average molecular weight is 311 g/mol. The van der Waals surface area contributed by atoms with Crippen LogP contribution in [0.1, 0.15) is 22.8 Å². The van der Waals surface area contributed by atoms with Gasteiger partial charge < -0.3 is 15.2 Å².